The lowest BCUT2D eigenvalue weighted by Gasteiger charge is -2.37. The second-order valence-electron chi connectivity index (χ2n) is 8.17. The summed E-state index contributed by atoms with van der Waals surface area (Å²) < 4.78 is 33.8. The zero-order valence-electron chi connectivity index (χ0n) is 18.6. The minimum absolute atomic E-state index is 0.0132. The molecular weight excluding hydrogens is 470 g/mol. The summed E-state index contributed by atoms with van der Waals surface area (Å²) in [6.45, 7) is 0. The Labute approximate surface area is 200 Å². The van der Waals surface area contributed by atoms with Crippen LogP contribution in [0.1, 0.15) is 29.0 Å². The number of anilines is 1. The fraction of sp³-hybridized carbons (Fsp3) is 0.217. The van der Waals surface area contributed by atoms with Crippen molar-refractivity contribution in [3.63, 3.8) is 0 Å². The second kappa shape index (κ2) is 8.86. The number of fused-ring (bicyclic) bond motifs is 1. The summed E-state index contributed by atoms with van der Waals surface area (Å²) in [5.41, 5.74) is 2.27. The Morgan fingerprint density at radius 1 is 1.20 bits per heavy atom. The third kappa shape index (κ3) is 4.34. The zero-order valence-corrected chi connectivity index (χ0v) is 19.4. The fourth-order valence-electron chi connectivity index (χ4n) is 4.01. The van der Waals surface area contributed by atoms with E-state index < -0.39 is 10.0 Å². The van der Waals surface area contributed by atoms with E-state index in [2.05, 4.69) is 30.3 Å². The van der Waals surface area contributed by atoms with Gasteiger partial charge in [0, 0.05) is 36.9 Å². The van der Waals surface area contributed by atoms with Crippen LogP contribution in [-0.4, -0.2) is 48.4 Å². The van der Waals surface area contributed by atoms with Crippen LogP contribution < -0.4 is 15.4 Å². The van der Waals surface area contributed by atoms with Gasteiger partial charge in [0.15, 0.2) is 0 Å². The number of carbonyl (C=O) groups is 1. The Bertz CT molecular complexity index is 1560. The first-order valence-corrected chi connectivity index (χ1v) is 12.3. The Morgan fingerprint density at radius 2 is 2.03 bits per heavy atom. The molecule has 178 valence electrons. The third-order valence-corrected chi connectivity index (χ3v) is 7.37. The van der Waals surface area contributed by atoms with Gasteiger partial charge in [-0.15, -0.1) is 0 Å². The smallest absolute Gasteiger partial charge is 0.288 e. The molecule has 0 bridgehead atoms. The number of hydrogen-bond donors (Lipinski definition) is 4. The Balaban J connectivity index is 1.33. The number of nitriles is 1. The number of hydrogen-bond acceptors (Lipinski definition) is 8. The molecule has 1 saturated carbocycles. The highest BCUT2D eigenvalue weighted by molar-refractivity contribution is 7.89. The number of rotatable bonds is 7. The van der Waals surface area contributed by atoms with Gasteiger partial charge in [-0.05, 0) is 37.1 Å². The molecule has 1 aliphatic carbocycles. The number of sulfonamides is 1. The van der Waals surface area contributed by atoms with Gasteiger partial charge in [-0.25, -0.2) is 23.1 Å². The molecule has 0 unspecified atom stereocenters. The Hall–Kier alpha value is -4.21. The molecule has 11 nitrogen and oxygen atoms in total. The van der Waals surface area contributed by atoms with E-state index in [4.69, 9.17) is 9.68 Å². The third-order valence-electron chi connectivity index (χ3n) is 5.86. The monoisotopic (exact) mass is 491 g/mol. The molecule has 0 radical (unpaired) electrons. The van der Waals surface area contributed by atoms with Crippen molar-refractivity contribution >= 4 is 32.7 Å². The van der Waals surface area contributed by atoms with Crippen LogP contribution in [0.15, 0.2) is 58.2 Å². The van der Waals surface area contributed by atoms with Crippen molar-refractivity contribution in [3.8, 4) is 17.5 Å². The number of carbonyl (C=O) groups excluding carboxylic acids is 1. The van der Waals surface area contributed by atoms with Crippen LogP contribution in [0.5, 0.6) is 0 Å². The number of amides is 1. The molecule has 3 heterocycles. The summed E-state index contributed by atoms with van der Waals surface area (Å²) in [6, 6.07) is 9.48. The average Bonchev–Trinajstić information content (AvgIpc) is 3.52. The first-order valence-electron chi connectivity index (χ1n) is 10.8. The molecule has 0 saturated heterocycles. The maximum atomic E-state index is 12.7. The number of aromatic nitrogens is 3. The van der Waals surface area contributed by atoms with Crippen molar-refractivity contribution in [2.24, 2.45) is 0 Å². The molecule has 35 heavy (non-hydrogen) atoms. The van der Waals surface area contributed by atoms with Gasteiger partial charge in [0.05, 0.1) is 34.0 Å². The fourth-order valence-corrected chi connectivity index (χ4v) is 5.32. The van der Waals surface area contributed by atoms with Crippen LogP contribution in [0.2, 0.25) is 0 Å². The molecule has 1 fully saturated rings. The van der Waals surface area contributed by atoms with E-state index in [0.29, 0.717) is 24.1 Å². The summed E-state index contributed by atoms with van der Waals surface area (Å²) in [6.07, 6.45) is 5.85. The van der Waals surface area contributed by atoms with Crippen LogP contribution in [0.3, 0.4) is 0 Å². The second-order valence-corrected chi connectivity index (χ2v) is 9.88. The zero-order chi connectivity index (χ0) is 24.6. The van der Waals surface area contributed by atoms with Crippen LogP contribution >= 0.6 is 0 Å². The highest BCUT2D eigenvalue weighted by Crippen LogP contribution is 2.36. The summed E-state index contributed by atoms with van der Waals surface area (Å²) in [5.74, 6) is -0.0554. The van der Waals surface area contributed by atoms with Crippen molar-refractivity contribution in [3.05, 3.63) is 60.2 Å². The molecule has 5 rings (SSSR count). The molecule has 1 amide bonds. The van der Waals surface area contributed by atoms with Crippen molar-refractivity contribution in [2.75, 3.05) is 12.4 Å². The van der Waals surface area contributed by atoms with E-state index in [0.717, 1.165) is 11.1 Å². The van der Waals surface area contributed by atoms with E-state index in [-0.39, 0.29) is 40.1 Å². The highest BCUT2D eigenvalue weighted by atomic mass is 32.2. The normalized spacial score (nSPS) is 17.5. The van der Waals surface area contributed by atoms with Gasteiger partial charge in [0.25, 0.3) is 5.91 Å². The van der Waals surface area contributed by atoms with Gasteiger partial charge in [-0.1, -0.05) is 6.07 Å². The summed E-state index contributed by atoms with van der Waals surface area (Å²) in [7, 11) is -2.23. The number of H-pyrrole nitrogens is 1. The lowest BCUT2D eigenvalue weighted by atomic mass is 9.87. The predicted octanol–water partition coefficient (Wildman–Crippen LogP) is 2.37. The van der Waals surface area contributed by atoms with Crippen LogP contribution in [0, 0.1) is 11.3 Å². The van der Waals surface area contributed by atoms with Crippen molar-refractivity contribution in [1.29, 1.82) is 5.26 Å². The molecular formula is C23H21N7O4S. The van der Waals surface area contributed by atoms with Crippen molar-refractivity contribution in [2.45, 2.75) is 29.8 Å². The number of oxazole rings is 1. The maximum Gasteiger partial charge on any atom is 0.288 e. The maximum absolute atomic E-state index is 12.7. The van der Waals surface area contributed by atoms with Gasteiger partial charge < -0.3 is 20.0 Å². The lowest BCUT2D eigenvalue weighted by Crippen LogP contribution is -2.49. The quantitative estimate of drug-likeness (QED) is 0.306. The Morgan fingerprint density at radius 3 is 2.80 bits per heavy atom. The number of aromatic amines is 1. The molecule has 0 aliphatic heterocycles. The average molecular weight is 492 g/mol. The summed E-state index contributed by atoms with van der Waals surface area (Å²) >= 11 is 0. The van der Waals surface area contributed by atoms with Crippen LogP contribution in [0.4, 0.5) is 5.69 Å². The number of pyridine rings is 1. The van der Waals surface area contributed by atoms with E-state index in [1.54, 1.807) is 24.5 Å². The standard InChI is InChI=1S/C23H21N7O4S/c1-25-22(31)19-12-28-23(34-19)18-11-27-21-17(5-6-26-21)20(18)29-14-8-15(9-14)30-35(32,33)16-4-2-3-13(7-16)10-24/h2-7,11-12,14-15,30H,8-9H2,1H3,(H,25,31)(H2,26,27,29). The van der Waals surface area contributed by atoms with E-state index in [1.807, 2.05) is 12.1 Å². The molecule has 12 heteroatoms. The number of nitrogens with one attached hydrogen (secondary N) is 4. The molecule has 0 spiro atoms. The first-order chi connectivity index (χ1) is 16.9. The minimum atomic E-state index is -3.74. The van der Waals surface area contributed by atoms with Crippen LogP contribution in [0.25, 0.3) is 22.5 Å². The molecule has 0 atom stereocenters. The molecule has 3 aromatic heterocycles. The Kier molecular flexibility index (Phi) is 5.72. The lowest BCUT2D eigenvalue weighted by molar-refractivity contribution is 0.0936. The predicted molar refractivity (Wildman–Crippen MR) is 127 cm³/mol. The molecule has 4 N–H and O–H groups in total. The SMILES string of the molecule is CNC(=O)c1cnc(-c2cnc3[nH]ccc3c2NC2CC(NS(=O)(=O)c3cccc(C#N)c3)C2)o1. The highest BCUT2D eigenvalue weighted by Gasteiger charge is 2.34. The van der Waals surface area contributed by atoms with Crippen molar-refractivity contribution in [1.82, 2.24) is 25.0 Å². The van der Waals surface area contributed by atoms with Gasteiger partial charge >= 0.3 is 0 Å². The number of nitrogens with zero attached hydrogens (tertiary/aromatic N) is 3. The van der Waals surface area contributed by atoms with Gasteiger partial charge in [-0.3, -0.25) is 4.79 Å². The van der Waals surface area contributed by atoms with Gasteiger partial charge in [0.2, 0.25) is 21.7 Å². The summed E-state index contributed by atoms with van der Waals surface area (Å²) in [4.78, 5) is 23.7. The van der Waals surface area contributed by atoms with Gasteiger partial charge in [-0.2, -0.15) is 5.26 Å². The van der Waals surface area contributed by atoms with E-state index >= 15 is 0 Å². The molecule has 1 aromatic carbocycles. The summed E-state index contributed by atoms with van der Waals surface area (Å²) in [5, 5.41) is 15.8. The van der Waals surface area contributed by atoms with Crippen molar-refractivity contribution < 1.29 is 17.6 Å². The van der Waals surface area contributed by atoms with Gasteiger partial charge in [0.1, 0.15) is 5.65 Å². The topological polar surface area (TPSA) is 166 Å². The first kappa shape index (κ1) is 22.6. The van der Waals surface area contributed by atoms with E-state index in [9.17, 15) is 13.2 Å². The number of benzene rings is 1. The largest absolute Gasteiger partial charge is 0.431 e. The van der Waals surface area contributed by atoms with Crippen LogP contribution in [-0.2, 0) is 10.0 Å². The minimum Gasteiger partial charge on any atom is -0.431 e. The molecule has 4 aromatic rings. The molecule has 1 aliphatic rings. The van der Waals surface area contributed by atoms with E-state index in [1.165, 1.54) is 25.4 Å².